The molecule has 1 unspecified atom stereocenters. The third kappa shape index (κ3) is 4.18. The van der Waals surface area contributed by atoms with Crippen molar-refractivity contribution in [1.82, 2.24) is 4.90 Å². The van der Waals surface area contributed by atoms with Crippen molar-refractivity contribution in [2.75, 3.05) is 13.1 Å². The minimum Gasteiger partial charge on any atom is -0.338 e. The fraction of sp³-hybridized carbons (Fsp3) is 0.429. The lowest BCUT2D eigenvalue weighted by Crippen LogP contribution is -2.35. The van der Waals surface area contributed by atoms with Crippen LogP contribution in [0.2, 0.25) is 0 Å². The molecule has 0 N–H and O–H groups in total. The monoisotopic (exact) mass is 302 g/mol. The fourth-order valence-corrected chi connectivity index (χ4v) is 1.76. The molecule has 0 aliphatic heterocycles. The molecule has 0 saturated carbocycles. The SMILES string of the molecule is CCN(CC(C)C#N)C(=O)c1cc(C(F)(F)F)ccc1F. The van der Waals surface area contributed by atoms with E-state index in [0.29, 0.717) is 18.2 Å². The first-order valence-electron chi connectivity index (χ1n) is 6.26. The summed E-state index contributed by atoms with van der Waals surface area (Å²) in [5.41, 5.74) is -1.73. The van der Waals surface area contributed by atoms with Gasteiger partial charge >= 0.3 is 6.18 Å². The molecule has 0 heterocycles. The molecule has 1 amide bonds. The van der Waals surface area contributed by atoms with E-state index in [-0.39, 0.29) is 13.1 Å². The van der Waals surface area contributed by atoms with Crippen LogP contribution in [0, 0.1) is 23.1 Å². The second kappa shape index (κ2) is 6.57. The van der Waals surface area contributed by atoms with Gasteiger partial charge in [0.2, 0.25) is 0 Å². The molecular weight excluding hydrogens is 288 g/mol. The zero-order chi connectivity index (χ0) is 16.2. The van der Waals surface area contributed by atoms with Gasteiger partial charge in [-0.15, -0.1) is 0 Å². The predicted molar refractivity (Wildman–Crippen MR) is 67.8 cm³/mol. The summed E-state index contributed by atoms with van der Waals surface area (Å²) in [6, 6.07) is 3.62. The highest BCUT2D eigenvalue weighted by Crippen LogP contribution is 2.30. The number of carbonyl (C=O) groups excluding carboxylic acids is 1. The maximum absolute atomic E-state index is 13.6. The molecule has 0 radical (unpaired) electrons. The molecule has 0 aromatic heterocycles. The molecule has 0 aliphatic rings. The Morgan fingerprint density at radius 1 is 1.43 bits per heavy atom. The molecule has 3 nitrogen and oxygen atoms in total. The minimum atomic E-state index is -4.65. The van der Waals surface area contributed by atoms with Gasteiger partial charge in [-0.1, -0.05) is 0 Å². The second-order valence-corrected chi connectivity index (χ2v) is 4.57. The highest BCUT2D eigenvalue weighted by atomic mass is 19.4. The van der Waals surface area contributed by atoms with Gasteiger partial charge < -0.3 is 4.90 Å². The molecular formula is C14H14F4N2O. The lowest BCUT2D eigenvalue weighted by Gasteiger charge is -2.22. The van der Waals surface area contributed by atoms with E-state index in [4.69, 9.17) is 5.26 Å². The van der Waals surface area contributed by atoms with Crippen LogP contribution in [0.15, 0.2) is 18.2 Å². The first-order valence-corrected chi connectivity index (χ1v) is 6.26. The van der Waals surface area contributed by atoms with E-state index in [9.17, 15) is 22.4 Å². The number of alkyl halides is 3. The summed E-state index contributed by atoms with van der Waals surface area (Å²) in [5, 5.41) is 8.73. The molecule has 7 heteroatoms. The van der Waals surface area contributed by atoms with Crippen LogP contribution in [0.4, 0.5) is 17.6 Å². The minimum absolute atomic E-state index is 0.0293. The lowest BCUT2D eigenvalue weighted by atomic mass is 10.1. The number of rotatable bonds is 4. The summed E-state index contributed by atoms with van der Waals surface area (Å²) in [6.45, 7) is 3.37. The van der Waals surface area contributed by atoms with Crippen molar-refractivity contribution in [3.63, 3.8) is 0 Å². The van der Waals surface area contributed by atoms with Crippen molar-refractivity contribution in [3.8, 4) is 6.07 Å². The zero-order valence-electron chi connectivity index (χ0n) is 11.5. The van der Waals surface area contributed by atoms with Gasteiger partial charge in [0.25, 0.3) is 5.91 Å². The smallest absolute Gasteiger partial charge is 0.338 e. The van der Waals surface area contributed by atoms with E-state index in [1.807, 2.05) is 6.07 Å². The van der Waals surface area contributed by atoms with E-state index in [0.717, 1.165) is 4.90 Å². The van der Waals surface area contributed by atoms with E-state index in [1.54, 1.807) is 13.8 Å². The molecule has 1 rings (SSSR count). The highest BCUT2D eigenvalue weighted by molar-refractivity contribution is 5.94. The standard InChI is InChI=1S/C14H14F4N2O/c1-3-20(8-9(2)7-19)13(21)11-6-10(14(16,17)18)4-5-12(11)15/h4-6,9H,3,8H2,1-2H3. The molecule has 1 aromatic rings. The van der Waals surface area contributed by atoms with Gasteiger partial charge in [0.05, 0.1) is 23.1 Å². The number of nitriles is 1. The number of hydrogen-bond donors (Lipinski definition) is 0. The zero-order valence-corrected chi connectivity index (χ0v) is 11.5. The molecule has 0 aliphatic carbocycles. The summed E-state index contributed by atoms with van der Waals surface area (Å²) < 4.78 is 51.5. The maximum Gasteiger partial charge on any atom is 0.416 e. The van der Waals surface area contributed by atoms with Gasteiger partial charge in [-0.25, -0.2) is 4.39 Å². The fourth-order valence-electron chi connectivity index (χ4n) is 1.76. The Kier molecular flexibility index (Phi) is 5.30. The second-order valence-electron chi connectivity index (χ2n) is 4.57. The van der Waals surface area contributed by atoms with Crippen LogP contribution in [-0.2, 0) is 6.18 Å². The average Bonchev–Trinajstić information content (AvgIpc) is 2.42. The normalized spacial score (nSPS) is 12.6. The molecule has 0 saturated heterocycles. The highest BCUT2D eigenvalue weighted by Gasteiger charge is 2.32. The van der Waals surface area contributed by atoms with Crippen molar-refractivity contribution in [1.29, 1.82) is 5.26 Å². The average molecular weight is 302 g/mol. The van der Waals surface area contributed by atoms with Gasteiger partial charge in [-0.2, -0.15) is 18.4 Å². The van der Waals surface area contributed by atoms with E-state index in [1.165, 1.54) is 0 Å². The number of nitrogens with zero attached hydrogens (tertiary/aromatic N) is 2. The molecule has 1 atom stereocenters. The third-order valence-corrected chi connectivity index (χ3v) is 2.91. The van der Waals surface area contributed by atoms with Crippen LogP contribution in [0.1, 0.15) is 29.8 Å². The number of amides is 1. The maximum atomic E-state index is 13.6. The van der Waals surface area contributed by atoms with Crippen LogP contribution >= 0.6 is 0 Å². The number of carbonyl (C=O) groups is 1. The largest absolute Gasteiger partial charge is 0.416 e. The first kappa shape index (κ1) is 17.0. The van der Waals surface area contributed by atoms with Crippen molar-refractivity contribution >= 4 is 5.91 Å². The predicted octanol–water partition coefficient (Wildman–Crippen LogP) is 3.47. The van der Waals surface area contributed by atoms with Crippen molar-refractivity contribution in [2.24, 2.45) is 5.92 Å². The van der Waals surface area contributed by atoms with Crippen LogP contribution in [0.5, 0.6) is 0 Å². The van der Waals surface area contributed by atoms with Crippen LogP contribution in [0.3, 0.4) is 0 Å². The molecule has 0 spiro atoms. The Morgan fingerprint density at radius 2 is 2.05 bits per heavy atom. The molecule has 0 fully saturated rings. The van der Waals surface area contributed by atoms with Crippen molar-refractivity contribution in [3.05, 3.63) is 35.1 Å². The van der Waals surface area contributed by atoms with E-state index in [2.05, 4.69) is 0 Å². The lowest BCUT2D eigenvalue weighted by molar-refractivity contribution is -0.137. The quantitative estimate of drug-likeness (QED) is 0.799. The Hall–Kier alpha value is -2.10. The molecule has 114 valence electrons. The molecule has 1 aromatic carbocycles. The number of hydrogen-bond acceptors (Lipinski definition) is 2. The van der Waals surface area contributed by atoms with Crippen LogP contribution < -0.4 is 0 Å². The van der Waals surface area contributed by atoms with Gasteiger partial charge in [0, 0.05) is 13.1 Å². The molecule has 0 bridgehead atoms. The van der Waals surface area contributed by atoms with Gasteiger partial charge in [-0.05, 0) is 32.0 Å². The summed E-state index contributed by atoms with van der Waals surface area (Å²) in [5.74, 6) is -2.37. The summed E-state index contributed by atoms with van der Waals surface area (Å²) in [7, 11) is 0. The molecule has 21 heavy (non-hydrogen) atoms. The van der Waals surface area contributed by atoms with Crippen molar-refractivity contribution < 1.29 is 22.4 Å². The first-order chi connectivity index (χ1) is 9.70. The van der Waals surface area contributed by atoms with Gasteiger partial charge in [0.15, 0.2) is 0 Å². The Balaban J connectivity index is 3.13. The van der Waals surface area contributed by atoms with Crippen LogP contribution in [0.25, 0.3) is 0 Å². The van der Waals surface area contributed by atoms with E-state index < -0.39 is 34.9 Å². The topological polar surface area (TPSA) is 44.1 Å². The van der Waals surface area contributed by atoms with Crippen LogP contribution in [-0.4, -0.2) is 23.9 Å². The summed E-state index contributed by atoms with van der Waals surface area (Å²) in [4.78, 5) is 13.3. The van der Waals surface area contributed by atoms with Gasteiger partial charge in [0.1, 0.15) is 5.82 Å². The Morgan fingerprint density at radius 3 is 2.52 bits per heavy atom. The Bertz CT molecular complexity index is 563. The van der Waals surface area contributed by atoms with Gasteiger partial charge in [-0.3, -0.25) is 4.79 Å². The van der Waals surface area contributed by atoms with Crippen molar-refractivity contribution in [2.45, 2.75) is 20.0 Å². The summed E-state index contributed by atoms with van der Waals surface area (Å²) in [6.07, 6.45) is -4.65. The third-order valence-electron chi connectivity index (χ3n) is 2.91. The number of benzene rings is 1. The summed E-state index contributed by atoms with van der Waals surface area (Å²) >= 11 is 0. The number of halogens is 4. The van der Waals surface area contributed by atoms with E-state index >= 15 is 0 Å². The Labute approximate surface area is 119 Å².